The van der Waals surface area contributed by atoms with Crippen LogP contribution < -0.4 is 11.1 Å². The second-order valence-electron chi connectivity index (χ2n) is 3.52. The lowest BCUT2D eigenvalue weighted by molar-refractivity contribution is 0.102. The fourth-order valence-corrected chi connectivity index (χ4v) is 1.44. The quantitative estimate of drug-likeness (QED) is 0.739. The van der Waals surface area contributed by atoms with Gasteiger partial charge >= 0.3 is 0 Å². The average Bonchev–Trinajstić information content (AvgIpc) is 2.81. The van der Waals surface area contributed by atoms with E-state index in [2.05, 4.69) is 20.3 Å². The normalized spacial score (nSPS) is 10.2. The second kappa shape index (κ2) is 4.65. The molecule has 0 radical (unpaired) electrons. The van der Waals surface area contributed by atoms with Crippen LogP contribution in [-0.2, 0) is 6.42 Å². The Kier molecular flexibility index (Phi) is 3.04. The number of nitrogens with two attached hydrogens (primary N) is 1. The standard InChI is InChI=1S/C11H13N5O/c1-2-8-5-7(6-9(12)15-8)10(17)16-11-13-3-4-14-11/h3-6H,2H2,1H3,(H2,12,15)(H2,13,14,16,17). The van der Waals surface area contributed by atoms with Crippen molar-refractivity contribution >= 4 is 17.7 Å². The fraction of sp³-hybridized carbons (Fsp3) is 0.182. The van der Waals surface area contributed by atoms with Crippen LogP contribution >= 0.6 is 0 Å². The van der Waals surface area contributed by atoms with Crippen LogP contribution in [0, 0.1) is 0 Å². The van der Waals surface area contributed by atoms with Gasteiger partial charge in [-0.25, -0.2) is 9.97 Å². The molecule has 1 amide bonds. The van der Waals surface area contributed by atoms with Gasteiger partial charge < -0.3 is 10.7 Å². The summed E-state index contributed by atoms with van der Waals surface area (Å²) in [5, 5.41) is 2.63. The number of anilines is 2. The molecule has 88 valence electrons. The molecule has 6 heteroatoms. The molecule has 2 aromatic heterocycles. The first kappa shape index (κ1) is 11.1. The molecule has 2 aromatic rings. The molecule has 0 fully saturated rings. The molecule has 0 saturated carbocycles. The highest BCUT2D eigenvalue weighted by molar-refractivity contribution is 6.03. The second-order valence-corrected chi connectivity index (χ2v) is 3.52. The van der Waals surface area contributed by atoms with Crippen LogP contribution in [0.15, 0.2) is 24.5 Å². The molecule has 0 saturated heterocycles. The van der Waals surface area contributed by atoms with Gasteiger partial charge in [-0.15, -0.1) is 0 Å². The molecule has 2 heterocycles. The van der Waals surface area contributed by atoms with E-state index in [1.807, 2.05) is 6.92 Å². The third-order valence-corrected chi connectivity index (χ3v) is 2.25. The predicted molar refractivity (Wildman–Crippen MR) is 64.6 cm³/mol. The number of carbonyl (C=O) groups is 1. The molecule has 0 aliphatic carbocycles. The highest BCUT2D eigenvalue weighted by Gasteiger charge is 2.09. The number of amides is 1. The van der Waals surface area contributed by atoms with Gasteiger partial charge in [0.1, 0.15) is 5.82 Å². The topological polar surface area (TPSA) is 96.7 Å². The largest absolute Gasteiger partial charge is 0.384 e. The van der Waals surface area contributed by atoms with Crippen LogP contribution in [0.2, 0.25) is 0 Å². The van der Waals surface area contributed by atoms with E-state index in [1.165, 1.54) is 6.07 Å². The minimum atomic E-state index is -0.260. The summed E-state index contributed by atoms with van der Waals surface area (Å²) in [7, 11) is 0. The number of aromatic amines is 1. The lowest BCUT2D eigenvalue weighted by atomic mass is 10.2. The molecule has 4 N–H and O–H groups in total. The van der Waals surface area contributed by atoms with E-state index in [0.717, 1.165) is 12.1 Å². The smallest absolute Gasteiger partial charge is 0.258 e. The number of carbonyl (C=O) groups excluding carboxylic acids is 1. The molecule has 17 heavy (non-hydrogen) atoms. The van der Waals surface area contributed by atoms with E-state index in [0.29, 0.717) is 17.3 Å². The first-order valence-corrected chi connectivity index (χ1v) is 5.26. The third kappa shape index (κ3) is 2.60. The van der Waals surface area contributed by atoms with Gasteiger partial charge in [-0.3, -0.25) is 10.1 Å². The number of pyridine rings is 1. The van der Waals surface area contributed by atoms with Gasteiger partial charge in [-0.2, -0.15) is 0 Å². The zero-order valence-electron chi connectivity index (χ0n) is 9.40. The molecule has 0 unspecified atom stereocenters. The molecular formula is C11H13N5O. The molecule has 0 aromatic carbocycles. The molecule has 0 aliphatic rings. The maximum atomic E-state index is 11.9. The van der Waals surface area contributed by atoms with Gasteiger partial charge in [0.2, 0.25) is 5.95 Å². The van der Waals surface area contributed by atoms with Crippen LogP contribution in [0.3, 0.4) is 0 Å². The van der Waals surface area contributed by atoms with Gasteiger partial charge in [0.25, 0.3) is 5.91 Å². The SMILES string of the molecule is CCc1cc(C(=O)Nc2ncc[nH]2)cc(N)n1. The molecule has 6 nitrogen and oxygen atoms in total. The summed E-state index contributed by atoms with van der Waals surface area (Å²) in [6.45, 7) is 1.95. The number of hydrogen-bond acceptors (Lipinski definition) is 4. The zero-order valence-corrected chi connectivity index (χ0v) is 9.40. The summed E-state index contributed by atoms with van der Waals surface area (Å²) in [6.07, 6.45) is 3.92. The Morgan fingerprint density at radius 2 is 2.35 bits per heavy atom. The lowest BCUT2D eigenvalue weighted by Crippen LogP contribution is -2.14. The van der Waals surface area contributed by atoms with E-state index in [1.54, 1.807) is 18.5 Å². The van der Waals surface area contributed by atoms with Crippen molar-refractivity contribution in [1.29, 1.82) is 0 Å². The monoisotopic (exact) mass is 231 g/mol. The number of hydrogen-bond donors (Lipinski definition) is 3. The van der Waals surface area contributed by atoms with Crippen LogP contribution in [0.1, 0.15) is 23.0 Å². The zero-order chi connectivity index (χ0) is 12.3. The van der Waals surface area contributed by atoms with E-state index in [9.17, 15) is 4.79 Å². The number of aryl methyl sites for hydroxylation is 1. The maximum absolute atomic E-state index is 11.9. The fourth-order valence-electron chi connectivity index (χ4n) is 1.44. The number of H-pyrrole nitrogens is 1. The van der Waals surface area contributed by atoms with Crippen molar-refractivity contribution in [2.75, 3.05) is 11.1 Å². The van der Waals surface area contributed by atoms with Gasteiger partial charge in [-0.05, 0) is 18.6 Å². The van der Waals surface area contributed by atoms with Gasteiger partial charge in [-0.1, -0.05) is 6.92 Å². The van der Waals surface area contributed by atoms with Gasteiger partial charge in [0.05, 0.1) is 0 Å². The van der Waals surface area contributed by atoms with Crippen LogP contribution in [-0.4, -0.2) is 20.9 Å². The Morgan fingerprint density at radius 1 is 1.53 bits per heavy atom. The van der Waals surface area contributed by atoms with Gasteiger partial charge in [0.15, 0.2) is 0 Å². The number of rotatable bonds is 3. The summed E-state index contributed by atoms with van der Waals surface area (Å²) in [5.41, 5.74) is 6.90. The van der Waals surface area contributed by atoms with Crippen LogP contribution in [0.4, 0.5) is 11.8 Å². The summed E-state index contributed by atoms with van der Waals surface area (Å²) in [5.74, 6) is 0.487. The first-order valence-electron chi connectivity index (χ1n) is 5.26. The van der Waals surface area contributed by atoms with Crippen LogP contribution in [0.25, 0.3) is 0 Å². The van der Waals surface area contributed by atoms with E-state index >= 15 is 0 Å². The average molecular weight is 231 g/mol. The molecule has 0 atom stereocenters. The highest BCUT2D eigenvalue weighted by atomic mass is 16.1. The number of nitrogen functional groups attached to an aromatic ring is 1. The number of nitrogens with one attached hydrogen (secondary N) is 2. The molecule has 0 aliphatic heterocycles. The molecule has 2 rings (SSSR count). The Bertz CT molecular complexity index is 521. The van der Waals surface area contributed by atoms with Crippen molar-refractivity contribution in [2.24, 2.45) is 0 Å². The van der Waals surface area contributed by atoms with Crippen molar-refractivity contribution in [3.63, 3.8) is 0 Å². The summed E-state index contributed by atoms with van der Waals surface area (Å²) in [6, 6.07) is 3.26. The molecular weight excluding hydrogens is 218 g/mol. The Balaban J connectivity index is 2.21. The van der Waals surface area contributed by atoms with E-state index in [4.69, 9.17) is 5.73 Å². The first-order chi connectivity index (χ1) is 8.19. The van der Waals surface area contributed by atoms with E-state index < -0.39 is 0 Å². The summed E-state index contributed by atoms with van der Waals surface area (Å²) in [4.78, 5) is 22.7. The Hall–Kier alpha value is -2.37. The summed E-state index contributed by atoms with van der Waals surface area (Å²) < 4.78 is 0. The number of imidazole rings is 1. The minimum absolute atomic E-state index is 0.260. The molecule has 0 spiro atoms. The summed E-state index contributed by atoms with van der Waals surface area (Å²) >= 11 is 0. The van der Waals surface area contributed by atoms with Crippen LogP contribution in [0.5, 0.6) is 0 Å². The molecule has 0 bridgehead atoms. The van der Waals surface area contributed by atoms with Crippen molar-refractivity contribution in [2.45, 2.75) is 13.3 Å². The number of nitrogens with zero attached hydrogens (tertiary/aromatic N) is 2. The third-order valence-electron chi connectivity index (χ3n) is 2.25. The van der Waals surface area contributed by atoms with E-state index in [-0.39, 0.29) is 5.91 Å². The maximum Gasteiger partial charge on any atom is 0.258 e. The lowest BCUT2D eigenvalue weighted by Gasteiger charge is -2.05. The van der Waals surface area contributed by atoms with Crippen molar-refractivity contribution < 1.29 is 4.79 Å². The van der Waals surface area contributed by atoms with Crippen molar-refractivity contribution in [1.82, 2.24) is 15.0 Å². The highest BCUT2D eigenvalue weighted by Crippen LogP contribution is 2.10. The Labute approximate surface area is 98.3 Å². The number of aromatic nitrogens is 3. The van der Waals surface area contributed by atoms with Crippen molar-refractivity contribution in [3.05, 3.63) is 35.8 Å². The van der Waals surface area contributed by atoms with Crippen molar-refractivity contribution in [3.8, 4) is 0 Å². The Morgan fingerprint density at radius 3 is 3.00 bits per heavy atom. The predicted octanol–water partition coefficient (Wildman–Crippen LogP) is 1.20. The minimum Gasteiger partial charge on any atom is -0.384 e. The van der Waals surface area contributed by atoms with Gasteiger partial charge in [0, 0.05) is 23.7 Å².